The first-order valence-electron chi connectivity index (χ1n) is 9.44. The van der Waals surface area contributed by atoms with Crippen molar-refractivity contribution in [2.24, 2.45) is 5.73 Å². The Balaban J connectivity index is 2.21. The van der Waals surface area contributed by atoms with Crippen molar-refractivity contribution >= 4 is 17.6 Å². The third kappa shape index (κ3) is 6.09. The molecule has 0 fully saturated rings. The van der Waals surface area contributed by atoms with Gasteiger partial charge in [-0.3, -0.25) is 0 Å². The highest BCUT2D eigenvalue weighted by Crippen LogP contribution is 2.35. The van der Waals surface area contributed by atoms with Crippen LogP contribution in [-0.4, -0.2) is 20.8 Å². The molecule has 0 atom stereocenters. The first-order chi connectivity index (χ1) is 13.6. The fourth-order valence-electron chi connectivity index (χ4n) is 2.92. The van der Waals surface area contributed by atoms with Gasteiger partial charge in [0.25, 0.3) is 0 Å². The summed E-state index contributed by atoms with van der Waals surface area (Å²) in [5.74, 6) is -0.165. The normalized spacial score (nSPS) is 11.7. The number of carbonyl (C=O) groups excluding carboxylic acids is 1. The number of unbranched alkanes of at least 4 members (excludes halogenated alkanes) is 5. The van der Waals surface area contributed by atoms with Crippen LogP contribution in [0.4, 0.5) is 18.0 Å². The molecule has 2 heterocycles. The molecule has 2 N–H and O–H groups in total. The van der Waals surface area contributed by atoms with Crippen molar-refractivity contribution in [3.8, 4) is 11.8 Å². The van der Waals surface area contributed by atoms with Gasteiger partial charge in [-0.15, -0.1) is 5.10 Å². The first kappa shape index (κ1) is 23.0. The van der Waals surface area contributed by atoms with Crippen molar-refractivity contribution in [1.29, 1.82) is 0 Å². The lowest BCUT2D eigenvalue weighted by Gasteiger charge is -2.10. The van der Waals surface area contributed by atoms with Crippen LogP contribution in [0.5, 0.6) is 11.8 Å². The first-order valence-corrected chi connectivity index (χ1v) is 9.81. The average Bonchev–Trinajstić information content (AvgIpc) is 2.95. The van der Waals surface area contributed by atoms with Crippen LogP contribution < -0.4 is 10.5 Å². The van der Waals surface area contributed by atoms with Gasteiger partial charge in [0, 0.05) is 11.8 Å². The standard InChI is InChI=1S/C19H24ClF3N4O2/c1-3-4-5-6-7-8-9-14-12(2)27(18(24)28)26-16(14)29-17-15(20)10-13(11-25-17)19(21,22)23/h10-11H,3-9H2,1-2H3,(H2,24,28). The number of carbonyl (C=O) groups is 1. The maximum atomic E-state index is 12.8. The van der Waals surface area contributed by atoms with Crippen LogP contribution in [0.3, 0.4) is 0 Å². The predicted octanol–water partition coefficient (Wildman–Crippen LogP) is 5.88. The number of halogens is 4. The second-order valence-corrected chi connectivity index (χ2v) is 7.15. The maximum Gasteiger partial charge on any atom is 0.417 e. The third-order valence-corrected chi connectivity index (χ3v) is 4.79. The summed E-state index contributed by atoms with van der Waals surface area (Å²) >= 11 is 5.91. The van der Waals surface area contributed by atoms with Gasteiger partial charge in [0.05, 0.1) is 11.3 Å². The number of alkyl halides is 3. The molecule has 10 heteroatoms. The molecule has 160 valence electrons. The molecule has 0 bridgehead atoms. The van der Waals surface area contributed by atoms with Gasteiger partial charge >= 0.3 is 12.2 Å². The Morgan fingerprint density at radius 1 is 1.21 bits per heavy atom. The number of pyridine rings is 1. The van der Waals surface area contributed by atoms with E-state index in [0.717, 1.165) is 42.9 Å². The van der Waals surface area contributed by atoms with Crippen LogP contribution in [0.25, 0.3) is 0 Å². The molecule has 0 aliphatic carbocycles. The van der Waals surface area contributed by atoms with Gasteiger partial charge in [-0.05, 0) is 25.8 Å². The lowest BCUT2D eigenvalue weighted by atomic mass is 10.1. The second kappa shape index (κ2) is 9.96. The van der Waals surface area contributed by atoms with Crippen LogP contribution in [0.15, 0.2) is 12.3 Å². The maximum absolute atomic E-state index is 12.8. The molecule has 0 saturated heterocycles. The quantitative estimate of drug-likeness (QED) is 0.501. The third-order valence-electron chi connectivity index (χ3n) is 4.52. The van der Waals surface area contributed by atoms with E-state index in [-0.39, 0.29) is 16.8 Å². The molecular weight excluding hydrogens is 409 g/mol. The monoisotopic (exact) mass is 432 g/mol. The zero-order valence-corrected chi connectivity index (χ0v) is 17.1. The van der Waals surface area contributed by atoms with E-state index in [1.807, 2.05) is 0 Å². The largest absolute Gasteiger partial charge is 0.417 e. The van der Waals surface area contributed by atoms with E-state index in [1.54, 1.807) is 6.92 Å². The number of hydrogen-bond donors (Lipinski definition) is 1. The number of aromatic nitrogens is 3. The van der Waals surface area contributed by atoms with Gasteiger partial charge in [-0.25, -0.2) is 9.78 Å². The van der Waals surface area contributed by atoms with Crippen molar-refractivity contribution < 1.29 is 22.7 Å². The Labute approximate surface area is 172 Å². The minimum atomic E-state index is -4.57. The van der Waals surface area contributed by atoms with Crippen LogP contribution >= 0.6 is 11.6 Å². The zero-order valence-electron chi connectivity index (χ0n) is 16.4. The summed E-state index contributed by atoms with van der Waals surface area (Å²) in [6.45, 7) is 3.82. The van der Waals surface area contributed by atoms with Gasteiger partial charge in [-0.2, -0.15) is 17.9 Å². The molecule has 0 aliphatic rings. The van der Waals surface area contributed by atoms with Crippen molar-refractivity contribution in [2.45, 2.75) is 65.0 Å². The SMILES string of the molecule is CCCCCCCCc1c(Oc2ncc(C(F)(F)F)cc2Cl)nn(C(N)=O)c1C. The molecule has 2 rings (SSSR count). The summed E-state index contributed by atoms with van der Waals surface area (Å²) in [6, 6.07) is -0.0529. The van der Waals surface area contributed by atoms with Crippen molar-refractivity contribution in [1.82, 2.24) is 14.8 Å². The van der Waals surface area contributed by atoms with E-state index < -0.39 is 17.8 Å². The van der Waals surface area contributed by atoms with Gasteiger partial charge in [0.1, 0.15) is 5.02 Å². The lowest BCUT2D eigenvalue weighted by Crippen LogP contribution is -2.22. The lowest BCUT2D eigenvalue weighted by molar-refractivity contribution is -0.137. The highest BCUT2D eigenvalue weighted by Gasteiger charge is 2.32. The molecule has 0 spiro atoms. The number of ether oxygens (including phenoxy) is 1. The summed E-state index contributed by atoms with van der Waals surface area (Å²) in [7, 11) is 0. The molecule has 0 saturated carbocycles. The zero-order chi connectivity index (χ0) is 21.6. The number of hydrogen-bond acceptors (Lipinski definition) is 4. The minimum absolute atomic E-state index is 0.0593. The van der Waals surface area contributed by atoms with E-state index in [2.05, 4.69) is 17.0 Å². The topological polar surface area (TPSA) is 83.0 Å². The average molecular weight is 433 g/mol. The van der Waals surface area contributed by atoms with Crippen molar-refractivity contribution in [3.63, 3.8) is 0 Å². The highest BCUT2D eigenvalue weighted by molar-refractivity contribution is 6.31. The van der Waals surface area contributed by atoms with E-state index in [4.69, 9.17) is 22.1 Å². The molecule has 0 unspecified atom stereocenters. The molecule has 29 heavy (non-hydrogen) atoms. The van der Waals surface area contributed by atoms with E-state index in [1.165, 1.54) is 6.42 Å². The Kier molecular flexibility index (Phi) is 7.89. The van der Waals surface area contributed by atoms with Crippen molar-refractivity contribution in [3.05, 3.63) is 34.1 Å². The summed E-state index contributed by atoms with van der Waals surface area (Å²) in [5, 5.41) is 3.74. The molecular formula is C19H24ClF3N4O2. The van der Waals surface area contributed by atoms with E-state index in [0.29, 0.717) is 23.9 Å². The number of nitrogens with two attached hydrogens (primary N) is 1. The van der Waals surface area contributed by atoms with E-state index in [9.17, 15) is 18.0 Å². The van der Waals surface area contributed by atoms with Crippen LogP contribution in [0.1, 0.15) is 62.3 Å². The summed E-state index contributed by atoms with van der Waals surface area (Å²) < 4.78 is 44.9. The Hall–Kier alpha value is -2.29. The summed E-state index contributed by atoms with van der Waals surface area (Å²) in [4.78, 5) is 15.3. The van der Waals surface area contributed by atoms with Gasteiger partial charge in [0.15, 0.2) is 0 Å². The van der Waals surface area contributed by atoms with Gasteiger partial charge in [0.2, 0.25) is 11.8 Å². The fraction of sp³-hybridized carbons (Fsp3) is 0.526. The fourth-order valence-corrected chi connectivity index (χ4v) is 3.13. The number of primary amides is 1. The number of rotatable bonds is 9. The van der Waals surface area contributed by atoms with Crippen LogP contribution in [0.2, 0.25) is 5.02 Å². The number of nitrogens with zero attached hydrogens (tertiary/aromatic N) is 3. The molecule has 1 amide bonds. The molecule has 0 aromatic carbocycles. The molecule has 6 nitrogen and oxygen atoms in total. The summed E-state index contributed by atoms with van der Waals surface area (Å²) in [5.41, 5.74) is 5.52. The van der Waals surface area contributed by atoms with E-state index >= 15 is 0 Å². The van der Waals surface area contributed by atoms with Crippen LogP contribution in [-0.2, 0) is 12.6 Å². The van der Waals surface area contributed by atoms with Crippen molar-refractivity contribution in [2.75, 3.05) is 0 Å². The molecule has 2 aromatic heterocycles. The molecule has 0 aliphatic heterocycles. The minimum Gasteiger partial charge on any atom is -0.417 e. The Morgan fingerprint density at radius 3 is 2.45 bits per heavy atom. The van der Waals surface area contributed by atoms with Gasteiger partial charge in [-0.1, -0.05) is 50.6 Å². The Bertz CT molecular complexity index is 853. The smallest absolute Gasteiger partial charge is 0.417 e. The summed E-state index contributed by atoms with van der Waals surface area (Å²) in [6.07, 6.45) is 3.09. The predicted molar refractivity (Wildman–Crippen MR) is 103 cm³/mol. The van der Waals surface area contributed by atoms with Gasteiger partial charge < -0.3 is 10.5 Å². The highest BCUT2D eigenvalue weighted by atomic mass is 35.5. The number of amides is 1. The van der Waals surface area contributed by atoms with Crippen LogP contribution in [0, 0.1) is 6.92 Å². The molecule has 2 aromatic rings. The Morgan fingerprint density at radius 2 is 1.86 bits per heavy atom. The molecule has 0 radical (unpaired) electrons. The second-order valence-electron chi connectivity index (χ2n) is 6.75.